The molecular weight excluding hydrogens is 518 g/mol. The molecule has 3 aromatic rings. The zero-order chi connectivity index (χ0) is 31.1. The molecule has 0 radical (unpaired) electrons. The highest BCUT2D eigenvalue weighted by Crippen LogP contribution is 2.38. The Morgan fingerprint density at radius 3 is 1.95 bits per heavy atom. The predicted molar refractivity (Wildman–Crippen MR) is 191 cm³/mol. The molecule has 0 aliphatic heterocycles. The largest absolute Gasteiger partial charge is 0.387 e. The average Bonchev–Trinajstić information content (AvgIpc) is 2.94. The highest BCUT2D eigenvalue weighted by molar-refractivity contribution is 5.77. The summed E-state index contributed by atoms with van der Waals surface area (Å²) in [6.45, 7) is 21.7. The van der Waals surface area contributed by atoms with Crippen LogP contribution < -0.4 is 15.8 Å². The Morgan fingerprint density at radius 2 is 1.40 bits per heavy atom. The molecule has 1 aliphatic rings. The Balaban J connectivity index is 1.82. The summed E-state index contributed by atoms with van der Waals surface area (Å²) in [6.07, 6.45) is 11.8. The lowest BCUT2D eigenvalue weighted by atomic mass is 9.78. The third kappa shape index (κ3) is 8.75. The molecule has 4 rings (SSSR count). The molecule has 230 valence electrons. The topological polar surface area (TPSA) is 12.0 Å². The van der Waals surface area contributed by atoms with Gasteiger partial charge in [0.05, 0.1) is 0 Å². The van der Waals surface area contributed by atoms with Gasteiger partial charge in [0.15, 0.2) is 0 Å². The SMILES string of the molecule is CC/C=c1\c(-c2ccc(C3=CC(CC(C)C)C3)cc2)ccc(-c2ccc(CCC(C)C)cc2)\c1=C(/CC)NCC(C)(C)C. The van der Waals surface area contributed by atoms with E-state index in [1.807, 2.05) is 0 Å². The molecule has 1 unspecified atom stereocenters. The first-order valence-corrected chi connectivity index (χ1v) is 17.0. The highest BCUT2D eigenvalue weighted by Gasteiger charge is 2.21. The van der Waals surface area contributed by atoms with Gasteiger partial charge in [0.2, 0.25) is 0 Å². The second kappa shape index (κ2) is 14.6. The highest BCUT2D eigenvalue weighted by atomic mass is 14.9. The number of hydrogen-bond donors (Lipinski definition) is 1. The van der Waals surface area contributed by atoms with Crippen molar-refractivity contribution in [1.82, 2.24) is 5.32 Å². The molecule has 1 heteroatoms. The van der Waals surface area contributed by atoms with Gasteiger partial charge in [0.25, 0.3) is 0 Å². The van der Waals surface area contributed by atoms with Gasteiger partial charge >= 0.3 is 0 Å². The van der Waals surface area contributed by atoms with E-state index in [2.05, 4.69) is 140 Å². The molecule has 0 saturated carbocycles. The fourth-order valence-corrected chi connectivity index (χ4v) is 6.29. The number of allylic oxidation sites excluding steroid dienone is 2. The van der Waals surface area contributed by atoms with E-state index < -0.39 is 0 Å². The second-order valence-electron chi connectivity index (χ2n) is 14.8. The maximum atomic E-state index is 3.90. The predicted octanol–water partition coefficient (Wildman–Crippen LogP) is 10.4. The van der Waals surface area contributed by atoms with Gasteiger partial charge in [-0.2, -0.15) is 0 Å². The first kappa shape index (κ1) is 32.8. The van der Waals surface area contributed by atoms with Crippen LogP contribution in [0.5, 0.6) is 0 Å². The average molecular weight is 576 g/mol. The van der Waals surface area contributed by atoms with Crippen LogP contribution in [-0.4, -0.2) is 6.54 Å². The van der Waals surface area contributed by atoms with E-state index in [9.17, 15) is 0 Å². The van der Waals surface area contributed by atoms with E-state index >= 15 is 0 Å². The number of aryl methyl sites for hydroxylation is 1. The van der Waals surface area contributed by atoms with Crippen LogP contribution in [0.4, 0.5) is 0 Å². The molecule has 0 heterocycles. The van der Waals surface area contributed by atoms with Crippen molar-refractivity contribution in [2.75, 3.05) is 6.54 Å². The Hall–Kier alpha value is -3.06. The zero-order valence-electron chi connectivity index (χ0n) is 28.6. The molecule has 43 heavy (non-hydrogen) atoms. The third-order valence-corrected chi connectivity index (χ3v) is 8.68. The number of benzene rings is 3. The van der Waals surface area contributed by atoms with Gasteiger partial charge in [-0.25, -0.2) is 0 Å². The van der Waals surface area contributed by atoms with Crippen LogP contribution in [0.2, 0.25) is 0 Å². The lowest BCUT2D eigenvalue weighted by molar-refractivity contribution is 0.403. The summed E-state index contributed by atoms with van der Waals surface area (Å²) >= 11 is 0. The summed E-state index contributed by atoms with van der Waals surface area (Å²) in [5, 5.41) is 6.62. The van der Waals surface area contributed by atoms with Crippen LogP contribution in [0.1, 0.15) is 106 Å². The Bertz CT molecular complexity index is 1490. The van der Waals surface area contributed by atoms with Gasteiger partial charge in [0, 0.05) is 17.5 Å². The van der Waals surface area contributed by atoms with Crippen molar-refractivity contribution in [3.8, 4) is 22.3 Å². The van der Waals surface area contributed by atoms with Gasteiger partial charge in [-0.05, 0) is 106 Å². The fraction of sp³-hybridized carbons (Fsp3) is 0.476. The number of rotatable bonds is 12. The lowest BCUT2D eigenvalue weighted by Gasteiger charge is -2.27. The Morgan fingerprint density at radius 1 is 0.814 bits per heavy atom. The summed E-state index contributed by atoms with van der Waals surface area (Å²) in [5.74, 6) is 2.24. The van der Waals surface area contributed by atoms with Gasteiger partial charge in [-0.1, -0.05) is 135 Å². The fourth-order valence-electron chi connectivity index (χ4n) is 6.29. The van der Waals surface area contributed by atoms with Crippen molar-refractivity contribution in [1.29, 1.82) is 0 Å². The first-order chi connectivity index (χ1) is 20.5. The van der Waals surface area contributed by atoms with Crippen LogP contribution in [-0.2, 0) is 6.42 Å². The number of hydrogen-bond acceptors (Lipinski definition) is 1. The smallest absolute Gasteiger partial charge is 0.0192 e. The monoisotopic (exact) mass is 575 g/mol. The Kier molecular flexibility index (Phi) is 11.2. The van der Waals surface area contributed by atoms with E-state index in [1.54, 1.807) is 0 Å². The van der Waals surface area contributed by atoms with E-state index in [1.165, 1.54) is 74.4 Å². The molecule has 0 amide bonds. The van der Waals surface area contributed by atoms with Crippen molar-refractivity contribution < 1.29 is 0 Å². The molecule has 0 spiro atoms. The maximum Gasteiger partial charge on any atom is 0.0192 e. The quantitative estimate of drug-likeness (QED) is 0.226. The molecule has 0 saturated heterocycles. The van der Waals surface area contributed by atoms with E-state index in [-0.39, 0.29) is 5.41 Å². The minimum Gasteiger partial charge on any atom is -0.387 e. The van der Waals surface area contributed by atoms with Crippen LogP contribution in [0, 0.1) is 23.2 Å². The summed E-state index contributed by atoms with van der Waals surface area (Å²) in [6, 6.07) is 23.5. The summed E-state index contributed by atoms with van der Waals surface area (Å²) in [4.78, 5) is 0. The van der Waals surface area contributed by atoms with Crippen LogP contribution in [0.25, 0.3) is 39.6 Å². The van der Waals surface area contributed by atoms with Crippen LogP contribution in [0.15, 0.2) is 66.7 Å². The van der Waals surface area contributed by atoms with Gasteiger partial charge in [-0.15, -0.1) is 0 Å². The van der Waals surface area contributed by atoms with Crippen molar-refractivity contribution >= 4 is 17.3 Å². The van der Waals surface area contributed by atoms with Crippen molar-refractivity contribution in [3.63, 3.8) is 0 Å². The molecule has 1 aliphatic carbocycles. The molecule has 0 aromatic heterocycles. The van der Waals surface area contributed by atoms with E-state index in [0.29, 0.717) is 0 Å². The van der Waals surface area contributed by atoms with Gasteiger partial charge < -0.3 is 5.32 Å². The molecular formula is C42H57N. The number of nitrogens with one attached hydrogen (secondary N) is 1. The second-order valence-corrected chi connectivity index (χ2v) is 14.8. The Labute approximate surface area is 263 Å². The zero-order valence-corrected chi connectivity index (χ0v) is 28.6. The van der Waals surface area contributed by atoms with Crippen LogP contribution >= 0.6 is 0 Å². The molecule has 1 N–H and O–H groups in total. The summed E-state index contributed by atoms with van der Waals surface area (Å²) in [7, 11) is 0. The van der Waals surface area contributed by atoms with Crippen molar-refractivity contribution in [3.05, 3.63) is 88.3 Å². The van der Waals surface area contributed by atoms with Crippen molar-refractivity contribution in [2.24, 2.45) is 23.2 Å². The molecule has 3 aromatic carbocycles. The summed E-state index contributed by atoms with van der Waals surface area (Å²) in [5.41, 5.74) is 11.1. The van der Waals surface area contributed by atoms with E-state index in [0.717, 1.165) is 43.6 Å². The normalized spacial score (nSPS) is 16.4. The van der Waals surface area contributed by atoms with E-state index in [4.69, 9.17) is 0 Å². The van der Waals surface area contributed by atoms with Gasteiger partial charge in [0.1, 0.15) is 0 Å². The molecule has 1 nitrogen and oxygen atoms in total. The molecule has 0 bridgehead atoms. The van der Waals surface area contributed by atoms with Crippen LogP contribution in [0.3, 0.4) is 0 Å². The molecule has 0 fully saturated rings. The maximum absolute atomic E-state index is 3.90. The minimum absolute atomic E-state index is 0.200. The first-order valence-electron chi connectivity index (χ1n) is 17.0. The lowest BCUT2D eigenvalue weighted by Crippen LogP contribution is -2.37. The minimum atomic E-state index is 0.200. The van der Waals surface area contributed by atoms with Crippen molar-refractivity contribution in [2.45, 2.75) is 101 Å². The summed E-state index contributed by atoms with van der Waals surface area (Å²) < 4.78 is 0. The molecule has 1 atom stereocenters. The standard InChI is InChI=1S/C42H57N/c1-10-12-39-37(34-21-19-33(20-22-34)36-26-32(27-36)25-30(5)6)23-24-38(41(39)40(11-2)43-28-42(7,8)9)35-17-15-31(16-18-35)14-13-29(3)4/h12,15-24,26,29-30,32,43H,10-11,13-14,25,27-28H2,1-9H3/b39-12+,41-40-. The third-order valence-electron chi connectivity index (χ3n) is 8.68. The van der Waals surface area contributed by atoms with Gasteiger partial charge in [-0.3, -0.25) is 0 Å².